The minimum absolute atomic E-state index is 0.144. The Bertz CT molecular complexity index is 783. The zero-order chi connectivity index (χ0) is 16.1. The molecule has 7 nitrogen and oxygen atoms in total. The highest BCUT2D eigenvalue weighted by atomic mass is 16.1. The molecule has 116 valence electrons. The first-order valence-electron chi connectivity index (χ1n) is 7.10. The third kappa shape index (κ3) is 3.91. The second kappa shape index (κ2) is 6.69. The molecule has 0 spiro atoms. The van der Waals surface area contributed by atoms with Crippen molar-refractivity contribution in [2.75, 3.05) is 5.32 Å². The van der Waals surface area contributed by atoms with Gasteiger partial charge in [-0.1, -0.05) is 24.3 Å². The third-order valence-electron chi connectivity index (χ3n) is 3.31. The molecule has 0 atom stereocenters. The monoisotopic (exact) mass is 308 g/mol. The molecule has 0 radical (unpaired) electrons. The lowest BCUT2D eigenvalue weighted by atomic mass is 10.1. The van der Waals surface area contributed by atoms with Crippen LogP contribution in [0.4, 0.5) is 5.82 Å². The van der Waals surface area contributed by atoms with Crippen LogP contribution >= 0.6 is 0 Å². The van der Waals surface area contributed by atoms with Crippen molar-refractivity contribution in [3.8, 4) is 0 Å². The number of carbonyl (C=O) groups is 1. The molecular weight excluding hydrogens is 292 g/mol. The predicted octanol–water partition coefficient (Wildman–Crippen LogP) is 1.43. The van der Waals surface area contributed by atoms with Crippen molar-refractivity contribution in [3.63, 3.8) is 0 Å². The van der Waals surface area contributed by atoms with Crippen LogP contribution in [0.25, 0.3) is 0 Å². The van der Waals surface area contributed by atoms with Gasteiger partial charge in [0.25, 0.3) is 5.91 Å². The average Bonchev–Trinajstić information content (AvgIpc) is 3.07. The number of imidazole rings is 1. The van der Waals surface area contributed by atoms with Crippen molar-refractivity contribution in [1.29, 1.82) is 0 Å². The normalized spacial score (nSPS) is 10.4. The van der Waals surface area contributed by atoms with E-state index in [1.807, 2.05) is 22.9 Å². The van der Waals surface area contributed by atoms with Gasteiger partial charge in [-0.05, 0) is 11.1 Å². The van der Waals surface area contributed by atoms with E-state index in [1.165, 1.54) is 11.8 Å². The van der Waals surface area contributed by atoms with Gasteiger partial charge in [-0.3, -0.25) is 9.78 Å². The van der Waals surface area contributed by atoms with Gasteiger partial charge in [-0.15, -0.1) is 0 Å². The lowest BCUT2D eigenvalue weighted by Crippen LogP contribution is -2.14. The van der Waals surface area contributed by atoms with Crippen molar-refractivity contribution in [2.24, 2.45) is 5.73 Å². The van der Waals surface area contributed by atoms with Gasteiger partial charge < -0.3 is 15.6 Å². The van der Waals surface area contributed by atoms with Crippen molar-refractivity contribution in [1.82, 2.24) is 19.5 Å². The number of primary amides is 1. The zero-order valence-electron chi connectivity index (χ0n) is 12.4. The van der Waals surface area contributed by atoms with Crippen LogP contribution in [-0.4, -0.2) is 25.4 Å². The largest absolute Gasteiger partial charge is 0.365 e. The highest BCUT2D eigenvalue weighted by Crippen LogP contribution is 2.09. The number of carbonyl (C=O) groups excluding carboxylic acids is 1. The number of rotatable bonds is 6. The third-order valence-corrected chi connectivity index (χ3v) is 3.31. The van der Waals surface area contributed by atoms with Crippen molar-refractivity contribution >= 4 is 11.7 Å². The molecule has 0 bridgehead atoms. The highest BCUT2D eigenvalue weighted by molar-refractivity contribution is 5.90. The van der Waals surface area contributed by atoms with Crippen molar-refractivity contribution in [3.05, 3.63) is 72.2 Å². The van der Waals surface area contributed by atoms with Crippen molar-refractivity contribution in [2.45, 2.75) is 13.1 Å². The van der Waals surface area contributed by atoms with Crippen LogP contribution in [0.15, 0.2) is 55.4 Å². The Morgan fingerprint density at radius 2 is 1.91 bits per heavy atom. The molecule has 0 unspecified atom stereocenters. The summed E-state index contributed by atoms with van der Waals surface area (Å²) >= 11 is 0. The van der Waals surface area contributed by atoms with E-state index >= 15 is 0 Å². The van der Waals surface area contributed by atoms with E-state index < -0.39 is 5.91 Å². The van der Waals surface area contributed by atoms with E-state index in [4.69, 9.17) is 5.73 Å². The predicted molar refractivity (Wildman–Crippen MR) is 85.6 cm³/mol. The van der Waals surface area contributed by atoms with Crippen LogP contribution in [0.3, 0.4) is 0 Å². The number of hydrogen-bond donors (Lipinski definition) is 2. The fourth-order valence-corrected chi connectivity index (χ4v) is 2.12. The smallest absolute Gasteiger partial charge is 0.268 e. The molecule has 0 aliphatic heterocycles. The molecule has 0 fully saturated rings. The number of nitrogens with zero attached hydrogens (tertiary/aromatic N) is 4. The second-order valence-corrected chi connectivity index (χ2v) is 5.06. The van der Waals surface area contributed by atoms with E-state index in [1.54, 1.807) is 18.7 Å². The molecule has 2 heterocycles. The first-order valence-corrected chi connectivity index (χ1v) is 7.10. The van der Waals surface area contributed by atoms with E-state index in [9.17, 15) is 4.79 Å². The lowest BCUT2D eigenvalue weighted by Gasteiger charge is -2.07. The Labute approximate surface area is 133 Å². The first kappa shape index (κ1) is 14.7. The molecular formula is C16H16N6O. The van der Waals surface area contributed by atoms with Gasteiger partial charge in [0, 0.05) is 25.5 Å². The Morgan fingerprint density at radius 1 is 1.13 bits per heavy atom. The highest BCUT2D eigenvalue weighted by Gasteiger charge is 2.04. The standard InChI is InChI=1S/C16H16N6O/c17-16(23)14-8-19-9-15(21-14)20-7-12-1-3-13(4-2-12)10-22-6-5-18-11-22/h1-6,8-9,11H,7,10H2,(H2,17,23)(H,20,21). The summed E-state index contributed by atoms with van der Waals surface area (Å²) in [5, 5.41) is 3.12. The number of aromatic nitrogens is 4. The quantitative estimate of drug-likeness (QED) is 0.718. The number of anilines is 1. The maximum Gasteiger partial charge on any atom is 0.268 e. The summed E-state index contributed by atoms with van der Waals surface area (Å²) in [5.41, 5.74) is 7.63. The molecule has 7 heteroatoms. The van der Waals surface area contributed by atoms with E-state index in [-0.39, 0.29) is 5.69 Å². The summed E-state index contributed by atoms with van der Waals surface area (Å²) in [6.07, 6.45) is 8.39. The van der Waals surface area contributed by atoms with E-state index in [0.29, 0.717) is 12.4 Å². The molecule has 2 aromatic heterocycles. The van der Waals surface area contributed by atoms with E-state index in [2.05, 4.69) is 32.4 Å². The average molecular weight is 308 g/mol. The van der Waals surface area contributed by atoms with Crippen LogP contribution in [0.1, 0.15) is 21.6 Å². The second-order valence-electron chi connectivity index (χ2n) is 5.06. The number of benzene rings is 1. The fraction of sp³-hybridized carbons (Fsp3) is 0.125. The minimum Gasteiger partial charge on any atom is -0.365 e. The Kier molecular flexibility index (Phi) is 4.28. The molecule has 1 amide bonds. The maximum absolute atomic E-state index is 11.1. The molecule has 3 rings (SSSR count). The van der Waals surface area contributed by atoms with Gasteiger partial charge >= 0.3 is 0 Å². The summed E-state index contributed by atoms with van der Waals surface area (Å²) in [4.78, 5) is 23.1. The summed E-state index contributed by atoms with van der Waals surface area (Å²) in [7, 11) is 0. The van der Waals surface area contributed by atoms with Crippen LogP contribution in [0.2, 0.25) is 0 Å². The van der Waals surface area contributed by atoms with Crippen LogP contribution in [0.5, 0.6) is 0 Å². The van der Waals surface area contributed by atoms with Gasteiger partial charge in [0.15, 0.2) is 0 Å². The summed E-state index contributed by atoms with van der Waals surface area (Å²) in [6, 6.07) is 8.24. The molecule has 0 aliphatic rings. The summed E-state index contributed by atoms with van der Waals surface area (Å²) in [6.45, 7) is 1.38. The molecule has 23 heavy (non-hydrogen) atoms. The maximum atomic E-state index is 11.1. The number of amides is 1. The van der Waals surface area contributed by atoms with Crippen LogP contribution in [0, 0.1) is 0 Å². The molecule has 1 aromatic carbocycles. The minimum atomic E-state index is -0.593. The number of nitrogens with one attached hydrogen (secondary N) is 1. The SMILES string of the molecule is NC(=O)c1cncc(NCc2ccc(Cn3ccnc3)cc2)n1. The zero-order valence-corrected chi connectivity index (χ0v) is 12.4. The molecule has 0 aliphatic carbocycles. The molecule has 0 saturated carbocycles. The fourth-order valence-electron chi connectivity index (χ4n) is 2.12. The summed E-state index contributed by atoms with van der Waals surface area (Å²) < 4.78 is 2.01. The van der Waals surface area contributed by atoms with Gasteiger partial charge in [0.1, 0.15) is 11.5 Å². The lowest BCUT2D eigenvalue weighted by molar-refractivity contribution is 0.0995. The Balaban J connectivity index is 1.60. The molecule has 3 aromatic rings. The van der Waals surface area contributed by atoms with Crippen molar-refractivity contribution < 1.29 is 4.79 Å². The first-order chi connectivity index (χ1) is 11.2. The number of hydrogen-bond acceptors (Lipinski definition) is 5. The summed E-state index contributed by atoms with van der Waals surface area (Å²) in [5.74, 6) is -0.0752. The van der Waals surface area contributed by atoms with Gasteiger partial charge in [0.2, 0.25) is 0 Å². The topological polar surface area (TPSA) is 98.7 Å². The van der Waals surface area contributed by atoms with Crippen LogP contribution < -0.4 is 11.1 Å². The van der Waals surface area contributed by atoms with Gasteiger partial charge in [-0.2, -0.15) is 0 Å². The molecule has 3 N–H and O–H groups in total. The van der Waals surface area contributed by atoms with Crippen LogP contribution in [-0.2, 0) is 13.1 Å². The Morgan fingerprint density at radius 3 is 2.61 bits per heavy atom. The van der Waals surface area contributed by atoms with E-state index in [0.717, 1.165) is 12.1 Å². The number of nitrogens with two attached hydrogens (primary N) is 1. The van der Waals surface area contributed by atoms with Gasteiger partial charge in [0.05, 0.1) is 18.7 Å². The van der Waals surface area contributed by atoms with Gasteiger partial charge in [-0.25, -0.2) is 9.97 Å². The Hall–Kier alpha value is -3.22. The molecule has 0 saturated heterocycles.